The molecule has 0 fully saturated rings. The lowest BCUT2D eigenvalue weighted by atomic mass is 10.2. The molecule has 0 unspecified atom stereocenters. The van der Waals surface area contributed by atoms with E-state index in [0.29, 0.717) is 6.04 Å². The van der Waals surface area contributed by atoms with Crippen LogP contribution in [0.25, 0.3) is 0 Å². The Hall–Kier alpha value is -1.84. The summed E-state index contributed by atoms with van der Waals surface area (Å²) in [5.41, 5.74) is 1.25. The molecule has 3 nitrogen and oxygen atoms in total. The summed E-state index contributed by atoms with van der Waals surface area (Å²) in [7, 11) is 1.73. The van der Waals surface area contributed by atoms with Crippen LogP contribution in [-0.2, 0) is 11.3 Å². The fourth-order valence-electron chi connectivity index (χ4n) is 2.03. The third kappa shape index (κ3) is 4.68. The molecule has 0 aliphatic carbocycles. The third-order valence-corrected chi connectivity index (χ3v) is 3.06. The van der Waals surface area contributed by atoms with Crippen LogP contribution in [0.4, 0.5) is 0 Å². The molecule has 0 aromatic heterocycles. The molecule has 1 atom stereocenters. The van der Waals surface area contributed by atoms with E-state index in [-0.39, 0.29) is 0 Å². The van der Waals surface area contributed by atoms with Crippen molar-refractivity contribution >= 4 is 0 Å². The second-order valence-corrected chi connectivity index (χ2v) is 4.93. The monoisotopic (exact) mass is 272 g/mol. The summed E-state index contributed by atoms with van der Waals surface area (Å²) in [6, 6.07) is 18.5. The molecule has 106 valence electrons. The summed E-state index contributed by atoms with van der Waals surface area (Å²) in [6.07, 6.45) is 0. The number of rotatable bonds is 7. The molecule has 0 aliphatic heterocycles. The number of hydrogen-bond donors (Lipinski definition) is 1. The molecule has 3 heteroatoms. The zero-order valence-corrected chi connectivity index (χ0v) is 12.1. The Morgan fingerprint density at radius 1 is 1.00 bits per heavy atom. The van der Waals surface area contributed by atoms with Crippen molar-refractivity contribution in [1.29, 1.82) is 0 Å². The summed E-state index contributed by atoms with van der Waals surface area (Å²) in [5, 5.41) is 2.27. The number of nitrogens with two attached hydrogens (primary N) is 1. The van der Waals surface area contributed by atoms with Crippen molar-refractivity contribution in [2.24, 2.45) is 0 Å². The zero-order valence-electron chi connectivity index (χ0n) is 12.1. The highest BCUT2D eigenvalue weighted by Gasteiger charge is 2.05. The molecule has 0 radical (unpaired) electrons. The largest absolute Gasteiger partial charge is 0.457 e. The minimum atomic E-state index is 0.457. The highest BCUT2D eigenvalue weighted by molar-refractivity contribution is 5.33. The maximum absolute atomic E-state index is 5.83. The van der Waals surface area contributed by atoms with Gasteiger partial charge in [-0.3, -0.25) is 0 Å². The summed E-state index contributed by atoms with van der Waals surface area (Å²) >= 11 is 0. The normalized spacial score (nSPS) is 12.1. The Morgan fingerprint density at radius 2 is 1.75 bits per heavy atom. The van der Waals surface area contributed by atoms with Gasteiger partial charge in [-0.1, -0.05) is 30.3 Å². The molecule has 2 aromatic rings. The number of methoxy groups -OCH3 is 1. The van der Waals surface area contributed by atoms with Gasteiger partial charge in [-0.15, -0.1) is 0 Å². The van der Waals surface area contributed by atoms with E-state index in [0.717, 1.165) is 24.7 Å². The van der Waals surface area contributed by atoms with Crippen LogP contribution in [0.1, 0.15) is 12.5 Å². The standard InChI is InChI=1S/C17H21NO2/c1-14(13-19-2)18-12-15-7-6-10-17(11-15)20-16-8-4-3-5-9-16/h3-11,14,18H,12-13H2,1-2H3/p+1/t14-/m0/s1. The van der Waals surface area contributed by atoms with Gasteiger partial charge in [0.15, 0.2) is 0 Å². The predicted octanol–water partition coefficient (Wildman–Crippen LogP) is 2.58. The molecule has 20 heavy (non-hydrogen) atoms. The Kier molecular flexibility index (Phi) is 5.59. The van der Waals surface area contributed by atoms with Crippen molar-refractivity contribution in [3.8, 4) is 11.5 Å². The Morgan fingerprint density at radius 3 is 2.50 bits per heavy atom. The molecule has 2 N–H and O–H groups in total. The summed E-state index contributed by atoms with van der Waals surface area (Å²) in [5.74, 6) is 1.74. The van der Waals surface area contributed by atoms with Gasteiger partial charge in [0.1, 0.15) is 24.1 Å². The SMILES string of the molecule is COC[C@H](C)[NH2+]Cc1cccc(Oc2ccccc2)c1. The van der Waals surface area contributed by atoms with Gasteiger partial charge in [0.25, 0.3) is 0 Å². The third-order valence-electron chi connectivity index (χ3n) is 3.06. The first-order valence-electron chi connectivity index (χ1n) is 6.92. The zero-order chi connectivity index (χ0) is 14.2. The van der Waals surface area contributed by atoms with Crippen LogP contribution >= 0.6 is 0 Å². The van der Waals surface area contributed by atoms with Crippen molar-refractivity contribution in [2.75, 3.05) is 13.7 Å². The topological polar surface area (TPSA) is 35.1 Å². The van der Waals surface area contributed by atoms with E-state index in [1.54, 1.807) is 7.11 Å². The van der Waals surface area contributed by atoms with E-state index in [4.69, 9.17) is 9.47 Å². The van der Waals surface area contributed by atoms with E-state index >= 15 is 0 Å². The first kappa shape index (κ1) is 14.6. The average Bonchev–Trinajstić information content (AvgIpc) is 2.47. The van der Waals surface area contributed by atoms with Gasteiger partial charge in [0, 0.05) is 12.7 Å². The Labute approximate surface area is 120 Å². The first-order chi connectivity index (χ1) is 9.78. The lowest BCUT2D eigenvalue weighted by Gasteiger charge is -2.10. The quantitative estimate of drug-likeness (QED) is 0.841. The molecular weight excluding hydrogens is 250 g/mol. The van der Waals surface area contributed by atoms with Crippen molar-refractivity contribution in [3.05, 3.63) is 60.2 Å². The van der Waals surface area contributed by atoms with Gasteiger partial charge in [-0.25, -0.2) is 0 Å². The second-order valence-electron chi connectivity index (χ2n) is 4.93. The molecule has 0 spiro atoms. The highest BCUT2D eigenvalue weighted by atomic mass is 16.5. The van der Waals surface area contributed by atoms with E-state index in [2.05, 4.69) is 24.4 Å². The smallest absolute Gasteiger partial charge is 0.127 e. The molecule has 0 saturated heterocycles. The second kappa shape index (κ2) is 7.68. The van der Waals surface area contributed by atoms with Crippen molar-refractivity contribution in [2.45, 2.75) is 19.5 Å². The molecule has 0 saturated carbocycles. The van der Waals surface area contributed by atoms with Crippen LogP contribution in [0.5, 0.6) is 11.5 Å². The van der Waals surface area contributed by atoms with Gasteiger partial charge in [-0.05, 0) is 31.2 Å². The van der Waals surface area contributed by atoms with Crippen LogP contribution in [0.3, 0.4) is 0 Å². The lowest BCUT2D eigenvalue weighted by Crippen LogP contribution is -2.88. The number of ether oxygens (including phenoxy) is 2. The van der Waals surface area contributed by atoms with Crippen LogP contribution in [0.15, 0.2) is 54.6 Å². The maximum atomic E-state index is 5.83. The predicted molar refractivity (Wildman–Crippen MR) is 79.9 cm³/mol. The van der Waals surface area contributed by atoms with Crippen molar-refractivity contribution in [1.82, 2.24) is 0 Å². The maximum Gasteiger partial charge on any atom is 0.127 e. The molecule has 0 amide bonds. The molecule has 0 heterocycles. The minimum absolute atomic E-state index is 0.457. The van der Waals surface area contributed by atoms with E-state index in [9.17, 15) is 0 Å². The Bertz CT molecular complexity index is 513. The average molecular weight is 272 g/mol. The van der Waals surface area contributed by atoms with E-state index in [1.807, 2.05) is 42.5 Å². The number of para-hydroxylation sites is 1. The molecule has 0 aliphatic rings. The van der Waals surface area contributed by atoms with Gasteiger partial charge in [0.05, 0.1) is 6.61 Å². The number of hydrogen-bond acceptors (Lipinski definition) is 2. The van der Waals surface area contributed by atoms with Crippen LogP contribution in [0, 0.1) is 0 Å². The highest BCUT2D eigenvalue weighted by Crippen LogP contribution is 2.21. The van der Waals surface area contributed by atoms with Gasteiger partial charge >= 0.3 is 0 Å². The number of benzene rings is 2. The first-order valence-corrected chi connectivity index (χ1v) is 6.92. The van der Waals surface area contributed by atoms with Crippen molar-refractivity contribution in [3.63, 3.8) is 0 Å². The van der Waals surface area contributed by atoms with E-state index in [1.165, 1.54) is 5.56 Å². The Balaban J connectivity index is 1.94. The van der Waals surface area contributed by atoms with Gasteiger partial charge in [-0.2, -0.15) is 0 Å². The van der Waals surface area contributed by atoms with Crippen LogP contribution < -0.4 is 10.1 Å². The number of quaternary nitrogens is 1. The van der Waals surface area contributed by atoms with Crippen LogP contribution in [-0.4, -0.2) is 19.8 Å². The lowest BCUT2D eigenvalue weighted by molar-refractivity contribution is -0.702. The summed E-state index contributed by atoms with van der Waals surface area (Å²) in [6.45, 7) is 3.85. The van der Waals surface area contributed by atoms with Gasteiger partial charge in [0.2, 0.25) is 0 Å². The fourth-order valence-corrected chi connectivity index (χ4v) is 2.03. The summed E-state index contributed by atoms with van der Waals surface area (Å²) < 4.78 is 11.0. The van der Waals surface area contributed by atoms with Crippen molar-refractivity contribution < 1.29 is 14.8 Å². The molecule has 2 rings (SSSR count). The minimum Gasteiger partial charge on any atom is -0.457 e. The summed E-state index contributed by atoms with van der Waals surface area (Å²) in [4.78, 5) is 0. The van der Waals surface area contributed by atoms with Crippen LogP contribution in [0.2, 0.25) is 0 Å². The molecule has 2 aromatic carbocycles. The molecular formula is C17H22NO2+. The van der Waals surface area contributed by atoms with E-state index < -0.39 is 0 Å². The molecule has 0 bridgehead atoms. The van der Waals surface area contributed by atoms with Gasteiger partial charge < -0.3 is 14.8 Å². The fraction of sp³-hybridized carbons (Fsp3) is 0.294.